The summed E-state index contributed by atoms with van der Waals surface area (Å²) in [6, 6.07) is 13.8. The van der Waals surface area contributed by atoms with Crippen molar-refractivity contribution in [3.63, 3.8) is 0 Å². The highest BCUT2D eigenvalue weighted by Gasteiger charge is 2.08. The maximum Gasteiger partial charge on any atom is 0.249 e. The number of halogens is 1. The summed E-state index contributed by atoms with van der Waals surface area (Å²) in [5, 5.41) is 15.0. The highest BCUT2D eigenvalue weighted by molar-refractivity contribution is 6.33. The lowest BCUT2D eigenvalue weighted by Crippen LogP contribution is -2.21. The SMILES string of the molecule is CCN(CC)c1ccc(Nc2cnnc(Nc3ccccc3Cl)n2)c(C)c1. The van der Waals surface area contributed by atoms with E-state index in [0.717, 1.165) is 30.0 Å². The molecule has 0 saturated carbocycles. The Balaban J connectivity index is 1.77. The van der Waals surface area contributed by atoms with Crippen LogP contribution in [0.4, 0.5) is 28.8 Å². The molecule has 0 aliphatic carbocycles. The Morgan fingerprint density at radius 3 is 2.48 bits per heavy atom. The maximum absolute atomic E-state index is 6.17. The first-order chi connectivity index (χ1) is 13.1. The van der Waals surface area contributed by atoms with E-state index in [1.807, 2.05) is 18.2 Å². The number of anilines is 5. The maximum atomic E-state index is 6.17. The number of aryl methyl sites for hydroxylation is 1. The molecular formula is C20H23ClN6. The Bertz CT molecular complexity index is 910. The van der Waals surface area contributed by atoms with Gasteiger partial charge in [0, 0.05) is 24.5 Å². The zero-order valence-corrected chi connectivity index (χ0v) is 16.5. The van der Waals surface area contributed by atoms with Gasteiger partial charge in [0.2, 0.25) is 5.95 Å². The lowest BCUT2D eigenvalue weighted by molar-refractivity contribution is 0.866. The predicted octanol–water partition coefficient (Wildman–Crippen LogP) is 5.17. The van der Waals surface area contributed by atoms with Crippen LogP contribution in [0.25, 0.3) is 0 Å². The topological polar surface area (TPSA) is 66.0 Å². The van der Waals surface area contributed by atoms with Gasteiger partial charge < -0.3 is 15.5 Å². The number of hydrogen-bond donors (Lipinski definition) is 2. The number of rotatable bonds is 7. The fourth-order valence-corrected chi connectivity index (χ4v) is 2.99. The number of nitrogens with one attached hydrogen (secondary N) is 2. The number of hydrogen-bond acceptors (Lipinski definition) is 6. The number of benzene rings is 2. The van der Waals surface area contributed by atoms with Gasteiger partial charge in [-0.25, -0.2) is 0 Å². The molecule has 0 atom stereocenters. The van der Waals surface area contributed by atoms with Crippen molar-refractivity contribution < 1.29 is 0 Å². The van der Waals surface area contributed by atoms with Crippen molar-refractivity contribution in [2.45, 2.75) is 20.8 Å². The van der Waals surface area contributed by atoms with Crippen molar-refractivity contribution in [2.24, 2.45) is 0 Å². The number of nitrogens with zero attached hydrogens (tertiary/aromatic N) is 4. The molecule has 27 heavy (non-hydrogen) atoms. The minimum absolute atomic E-state index is 0.380. The second kappa shape index (κ2) is 8.68. The van der Waals surface area contributed by atoms with E-state index in [4.69, 9.17) is 11.6 Å². The zero-order chi connectivity index (χ0) is 19.2. The molecule has 140 valence electrons. The average Bonchev–Trinajstić information content (AvgIpc) is 2.67. The molecule has 2 aromatic carbocycles. The molecular weight excluding hydrogens is 360 g/mol. The summed E-state index contributed by atoms with van der Waals surface area (Å²) in [7, 11) is 0. The molecule has 0 bridgehead atoms. The van der Waals surface area contributed by atoms with E-state index >= 15 is 0 Å². The van der Waals surface area contributed by atoms with Gasteiger partial charge in [0.15, 0.2) is 5.82 Å². The Hall–Kier alpha value is -2.86. The third-order valence-corrected chi connectivity index (χ3v) is 4.61. The van der Waals surface area contributed by atoms with Crippen molar-refractivity contribution in [1.29, 1.82) is 0 Å². The van der Waals surface area contributed by atoms with Crippen molar-refractivity contribution in [1.82, 2.24) is 15.2 Å². The summed E-state index contributed by atoms with van der Waals surface area (Å²) in [6.07, 6.45) is 1.59. The Labute approximate surface area is 164 Å². The summed E-state index contributed by atoms with van der Waals surface area (Å²) >= 11 is 6.17. The van der Waals surface area contributed by atoms with Crippen LogP contribution in [0, 0.1) is 6.92 Å². The van der Waals surface area contributed by atoms with Crippen molar-refractivity contribution in [2.75, 3.05) is 28.6 Å². The van der Waals surface area contributed by atoms with Crippen LogP contribution < -0.4 is 15.5 Å². The van der Waals surface area contributed by atoms with E-state index in [2.05, 4.69) is 69.7 Å². The summed E-state index contributed by atoms with van der Waals surface area (Å²) in [5.41, 5.74) is 4.07. The van der Waals surface area contributed by atoms with Crippen LogP contribution in [-0.2, 0) is 0 Å². The quantitative estimate of drug-likeness (QED) is 0.587. The molecule has 0 radical (unpaired) electrons. The molecule has 0 aliphatic heterocycles. The van der Waals surface area contributed by atoms with Gasteiger partial charge >= 0.3 is 0 Å². The molecule has 0 amide bonds. The number of para-hydroxylation sites is 1. The van der Waals surface area contributed by atoms with Crippen LogP contribution >= 0.6 is 11.6 Å². The molecule has 3 rings (SSSR count). The number of aromatic nitrogens is 3. The Morgan fingerprint density at radius 2 is 1.78 bits per heavy atom. The zero-order valence-electron chi connectivity index (χ0n) is 15.7. The molecule has 0 aliphatic rings. The highest BCUT2D eigenvalue weighted by Crippen LogP contribution is 2.26. The normalized spacial score (nSPS) is 10.5. The molecule has 0 spiro atoms. The Kier molecular flexibility index (Phi) is 6.08. The van der Waals surface area contributed by atoms with E-state index < -0.39 is 0 Å². The van der Waals surface area contributed by atoms with Crippen LogP contribution in [-0.4, -0.2) is 28.3 Å². The average molecular weight is 383 g/mol. The first kappa shape index (κ1) is 18.9. The van der Waals surface area contributed by atoms with E-state index in [-0.39, 0.29) is 0 Å². The van der Waals surface area contributed by atoms with Crippen LogP contribution in [0.5, 0.6) is 0 Å². The molecule has 6 nitrogen and oxygen atoms in total. The monoisotopic (exact) mass is 382 g/mol. The van der Waals surface area contributed by atoms with Crippen LogP contribution in [0.3, 0.4) is 0 Å². The Morgan fingerprint density at radius 1 is 1.00 bits per heavy atom. The summed E-state index contributed by atoms with van der Waals surface area (Å²) < 4.78 is 0. The van der Waals surface area contributed by atoms with Gasteiger partial charge in [-0.1, -0.05) is 23.7 Å². The largest absolute Gasteiger partial charge is 0.372 e. The van der Waals surface area contributed by atoms with Gasteiger partial charge in [-0.05, 0) is 56.7 Å². The summed E-state index contributed by atoms with van der Waals surface area (Å²) in [6.45, 7) is 8.36. The van der Waals surface area contributed by atoms with Crippen molar-refractivity contribution >= 4 is 40.4 Å². The third-order valence-electron chi connectivity index (χ3n) is 4.28. The van der Waals surface area contributed by atoms with Crippen LogP contribution in [0.1, 0.15) is 19.4 Å². The lowest BCUT2D eigenvalue weighted by atomic mass is 10.1. The van der Waals surface area contributed by atoms with Crippen LogP contribution in [0.2, 0.25) is 5.02 Å². The van der Waals surface area contributed by atoms with Crippen molar-refractivity contribution in [3.8, 4) is 0 Å². The third kappa shape index (κ3) is 4.65. The van der Waals surface area contributed by atoms with Gasteiger partial charge in [0.1, 0.15) is 0 Å². The smallest absolute Gasteiger partial charge is 0.249 e. The minimum Gasteiger partial charge on any atom is -0.372 e. The van der Waals surface area contributed by atoms with E-state index in [9.17, 15) is 0 Å². The molecule has 7 heteroatoms. The molecule has 0 saturated heterocycles. The second-order valence-electron chi connectivity index (χ2n) is 6.07. The molecule has 2 N–H and O–H groups in total. The lowest BCUT2D eigenvalue weighted by Gasteiger charge is -2.22. The standard InChI is InChI=1S/C20H23ClN6/c1-4-27(5-2)15-10-11-17(14(3)12-15)23-19-13-22-26-20(25-19)24-18-9-7-6-8-16(18)21/h6-13H,4-5H2,1-3H3,(H2,23,24,25,26). The van der Waals surface area contributed by atoms with Gasteiger partial charge in [-0.3, -0.25) is 0 Å². The minimum atomic E-state index is 0.380. The van der Waals surface area contributed by atoms with Crippen LogP contribution in [0.15, 0.2) is 48.7 Å². The van der Waals surface area contributed by atoms with Gasteiger partial charge in [0.25, 0.3) is 0 Å². The van der Waals surface area contributed by atoms with E-state index in [1.165, 1.54) is 5.69 Å². The van der Waals surface area contributed by atoms with Crippen molar-refractivity contribution in [3.05, 3.63) is 59.2 Å². The van der Waals surface area contributed by atoms with Gasteiger partial charge in [0.05, 0.1) is 16.9 Å². The van der Waals surface area contributed by atoms with Gasteiger partial charge in [-0.2, -0.15) is 10.1 Å². The second-order valence-corrected chi connectivity index (χ2v) is 6.47. The van der Waals surface area contributed by atoms with E-state index in [0.29, 0.717) is 16.8 Å². The molecule has 1 aromatic heterocycles. The summed E-state index contributed by atoms with van der Waals surface area (Å²) in [4.78, 5) is 6.78. The first-order valence-electron chi connectivity index (χ1n) is 8.94. The van der Waals surface area contributed by atoms with Gasteiger partial charge in [-0.15, -0.1) is 5.10 Å². The summed E-state index contributed by atoms with van der Waals surface area (Å²) in [5.74, 6) is 0.990. The van der Waals surface area contributed by atoms with E-state index in [1.54, 1.807) is 12.3 Å². The fraction of sp³-hybridized carbons (Fsp3) is 0.250. The molecule has 0 fully saturated rings. The first-order valence-corrected chi connectivity index (χ1v) is 9.32. The molecule has 0 unspecified atom stereocenters. The molecule has 3 aromatic rings. The fourth-order valence-electron chi connectivity index (χ4n) is 2.81. The highest BCUT2D eigenvalue weighted by atomic mass is 35.5. The predicted molar refractivity (Wildman–Crippen MR) is 113 cm³/mol. The molecule has 1 heterocycles.